The third-order valence-corrected chi connectivity index (χ3v) is 4.72. The number of H-pyrrole nitrogens is 1. The molecule has 0 amide bonds. The van der Waals surface area contributed by atoms with Gasteiger partial charge >= 0.3 is 5.69 Å². The number of aromatic amines is 1. The average molecular weight is 365 g/mol. The molecule has 3 rings (SSSR count). The zero-order chi connectivity index (χ0) is 17.3. The molecule has 3 aromatic rings. The number of nitrogens with one attached hydrogen (secondary N) is 1. The third-order valence-electron chi connectivity index (χ3n) is 3.46. The van der Waals surface area contributed by atoms with Crippen molar-refractivity contribution in [2.45, 2.75) is 9.92 Å². The molecule has 0 aliphatic heterocycles. The molecule has 0 aliphatic carbocycles. The van der Waals surface area contributed by atoms with E-state index in [9.17, 15) is 10.1 Å². The summed E-state index contributed by atoms with van der Waals surface area (Å²) in [6, 6.07) is 10.4. The molecule has 0 atom stereocenters. The molecule has 0 unspecified atom stereocenters. The molecule has 0 saturated carbocycles. The first-order chi connectivity index (χ1) is 11.5. The summed E-state index contributed by atoms with van der Waals surface area (Å²) in [5, 5.41) is 13.1. The van der Waals surface area contributed by atoms with E-state index in [1.54, 1.807) is 24.3 Å². The number of hydrogen-bond acceptors (Lipinski definition) is 5. The summed E-state index contributed by atoms with van der Waals surface area (Å²) in [6.45, 7) is 0. The maximum absolute atomic E-state index is 11.6. The molecule has 124 valence electrons. The van der Waals surface area contributed by atoms with Crippen LogP contribution in [0.2, 0.25) is 5.02 Å². The van der Waals surface area contributed by atoms with E-state index in [4.69, 9.17) is 21.1 Å². The van der Waals surface area contributed by atoms with Crippen LogP contribution in [-0.2, 0) is 0 Å². The van der Waals surface area contributed by atoms with Crippen molar-refractivity contribution in [3.63, 3.8) is 0 Å². The topological polar surface area (TPSA) is 77.4 Å². The Bertz CT molecular complexity index is 909. The summed E-state index contributed by atoms with van der Waals surface area (Å²) in [5.74, 6) is 0.944. The van der Waals surface area contributed by atoms with Gasteiger partial charge in [0.15, 0.2) is 16.5 Å². The van der Waals surface area contributed by atoms with E-state index < -0.39 is 4.92 Å². The van der Waals surface area contributed by atoms with Crippen LogP contribution < -0.4 is 9.47 Å². The Balaban J connectivity index is 2.14. The number of methoxy groups -OCH3 is 2. The second-order valence-electron chi connectivity index (χ2n) is 4.87. The lowest BCUT2D eigenvalue weighted by Gasteiger charge is -2.06. The van der Waals surface area contributed by atoms with E-state index in [0.29, 0.717) is 32.5 Å². The summed E-state index contributed by atoms with van der Waals surface area (Å²) in [6.07, 6.45) is 0. The predicted molar refractivity (Wildman–Crippen MR) is 93.6 cm³/mol. The summed E-state index contributed by atoms with van der Waals surface area (Å²) in [7, 11) is 3.01. The zero-order valence-corrected chi connectivity index (χ0v) is 14.4. The van der Waals surface area contributed by atoms with Gasteiger partial charge in [0.25, 0.3) is 0 Å². The zero-order valence-electron chi connectivity index (χ0n) is 12.8. The van der Waals surface area contributed by atoms with Crippen LogP contribution in [0.4, 0.5) is 5.69 Å². The highest BCUT2D eigenvalue weighted by atomic mass is 35.5. The van der Waals surface area contributed by atoms with Crippen molar-refractivity contribution >= 4 is 40.0 Å². The molecular weight excluding hydrogens is 352 g/mol. The van der Waals surface area contributed by atoms with Gasteiger partial charge in [0.2, 0.25) is 0 Å². The fourth-order valence-electron chi connectivity index (χ4n) is 2.36. The first-order valence-electron chi connectivity index (χ1n) is 6.89. The molecular formula is C16H13ClN2O4S. The van der Waals surface area contributed by atoms with Crippen LogP contribution in [0.15, 0.2) is 46.3 Å². The summed E-state index contributed by atoms with van der Waals surface area (Å²) < 4.78 is 10.5. The van der Waals surface area contributed by atoms with Crippen molar-refractivity contribution in [2.75, 3.05) is 14.2 Å². The van der Waals surface area contributed by atoms with Crippen molar-refractivity contribution < 1.29 is 14.4 Å². The Morgan fingerprint density at radius 2 is 1.75 bits per heavy atom. The normalized spacial score (nSPS) is 10.8. The second kappa shape index (κ2) is 6.62. The number of nitro groups is 1. The highest BCUT2D eigenvalue weighted by Gasteiger charge is 2.24. The van der Waals surface area contributed by atoms with Crippen molar-refractivity contribution in [2.24, 2.45) is 0 Å². The van der Waals surface area contributed by atoms with Crippen molar-refractivity contribution in [3.05, 3.63) is 51.5 Å². The standard InChI is InChI=1S/C16H13ClN2O4S/c1-22-13-7-11-12(8-14(13)23-2)18-16(15(11)19(20)21)24-10-5-3-9(17)4-6-10/h3-8,18H,1-2H3. The third kappa shape index (κ3) is 3.00. The number of ether oxygens (including phenoxy) is 2. The molecule has 1 heterocycles. The quantitative estimate of drug-likeness (QED) is 0.514. The minimum absolute atomic E-state index is 0.00547. The molecule has 0 bridgehead atoms. The van der Waals surface area contributed by atoms with Crippen LogP contribution in [-0.4, -0.2) is 24.1 Å². The molecule has 8 heteroatoms. The van der Waals surface area contributed by atoms with E-state index in [2.05, 4.69) is 4.98 Å². The van der Waals surface area contributed by atoms with Crippen molar-refractivity contribution in [1.82, 2.24) is 4.98 Å². The summed E-state index contributed by atoms with van der Waals surface area (Å²) in [4.78, 5) is 15.1. The second-order valence-corrected chi connectivity index (χ2v) is 6.39. The van der Waals surface area contributed by atoms with Gasteiger partial charge in [0, 0.05) is 22.1 Å². The van der Waals surface area contributed by atoms with Crippen molar-refractivity contribution in [1.29, 1.82) is 0 Å². The van der Waals surface area contributed by atoms with Crippen LogP contribution in [0.1, 0.15) is 0 Å². The summed E-state index contributed by atoms with van der Waals surface area (Å²) >= 11 is 7.14. The van der Waals surface area contributed by atoms with Crippen LogP contribution >= 0.6 is 23.4 Å². The van der Waals surface area contributed by atoms with Crippen LogP contribution in [0.25, 0.3) is 10.9 Å². The van der Waals surface area contributed by atoms with Gasteiger partial charge in [0.05, 0.1) is 30.0 Å². The number of fused-ring (bicyclic) bond motifs is 1. The Morgan fingerprint density at radius 1 is 1.12 bits per heavy atom. The molecule has 24 heavy (non-hydrogen) atoms. The van der Waals surface area contributed by atoms with Crippen molar-refractivity contribution in [3.8, 4) is 11.5 Å². The number of nitrogens with zero attached hydrogens (tertiary/aromatic N) is 1. The maximum Gasteiger partial charge on any atom is 0.308 e. The largest absolute Gasteiger partial charge is 0.493 e. The van der Waals surface area contributed by atoms with E-state index in [1.165, 1.54) is 26.0 Å². The van der Waals surface area contributed by atoms with E-state index in [1.807, 2.05) is 12.1 Å². The molecule has 1 aromatic heterocycles. The lowest BCUT2D eigenvalue weighted by atomic mass is 10.2. The molecule has 6 nitrogen and oxygen atoms in total. The number of hydrogen-bond donors (Lipinski definition) is 1. The van der Waals surface area contributed by atoms with Gasteiger partial charge in [-0.2, -0.15) is 0 Å². The lowest BCUT2D eigenvalue weighted by molar-refractivity contribution is -0.386. The summed E-state index contributed by atoms with van der Waals surface area (Å²) in [5.41, 5.74) is 0.613. The van der Waals surface area contributed by atoms with E-state index in [-0.39, 0.29) is 5.69 Å². The smallest absolute Gasteiger partial charge is 0.308 e. The SMILES string of the molecule is COc1cc2[nH]c(Sc3ccc(Cl)cc3)c([N+](=O)[O-])c2cc1OC. The van der Waals surface area contributed by atoms with E-state index in [0.717, 1.165) is 4.90 Å². The number of halogens is 1. The minimum atomic E-state index is -0.400. The van der Waals surface area contributed by atoms with E-state index >= 15 is 0 Å². The van der Waals surface area contributed by atoms with Gasteiger partial charge in [0.1, 0.15) is 0 Å². The van der Waals surface area contributed by atoms with Gasteiger partial charge < -0.3 is 14.5 Å². The fraction of sp³-hybridized carbons (Fsp3) is 0.125. The predicted octanol–water partition coefficient (Wildman–Crippen LogP) is 4.90. The average Bonchev–Trinajstić information content (AvgIpc) is 2.92. The molecule has 0 saturated heterocycles. The monoisotopic (exact) mass is 364 g/mol. The Hall–Kier alpha value is -2.38. The Morgan fingerprint density at radius 3 is 2.33 bits per heavy atom. The lowest BCUT2D eigenvalue weighted by Crippen LogP contribution is -1.91. The number of benzene rings is 2. The molecule has 1 N–H and O–H groups in total. The molecule has 0 radical (unpaired) electrons. The van der Waals surface area contributed by atoms with Crippen LogP contribution in [0, 0.1) is 10.1 Å². The van der Waals surface area contributed by atoms with Crippen LogP contribution in [0.3, 0.4) is 0 Å². The molecule has 0 spiro atoms. The minimum Gasteiger partial charge on any atom is -0.493 e. The first-order valence-corrected chi connectivity index (χ1v) is 8.08. The van der Waals surface area contributed by atoms with Gasteiger partial charge in [-0.05, 0) is 24.3 Å². The highest BCUT2D eigenvalue weighted by molar-refractivity contribution is 7.99. The molecule has 0 aliphatic rings. The van der Waals surface area contributed by atoms with Crippen LogP contribution in [0.5, 0.6) is 11.5 Å². The number of aromatic nitrogens is 1. The highest BCUT2D eigenvalue weighted by Crippen LogP contribution is 2.43. The molecule has 0 fully saturated rings. The molecule has 2 aromatic carbocycles. The van der Waals surface area contributed by atoms with Gasteiger partial charge in [-0.3, -0.25) is 10.1 Å². The van der Waals surface area contributed by atoms with Gasteiger partial charge in [-0.1, -0.05) is 23.4 Å². The van der Waals surface area contributed by atoms with Gasteiger partial charge in [-0.25, -0.2) is 0 Å². The number of rotatable bonds is 5. The van der Waals surface area contributed by atoms with Gasteiger partial charge in [-0.15, -0.1) is 0 Å². The Kier molecular flexibility index (Phi) is 4.55. The first kappa shape index (κ1) is 16.5. The Labute approximate surface area is 146 Å². The fourth-order valence-corrected chi connectivity index (χ4v) is 3.43. The maximum atomic E-state index is 11.6.